The molecular weight excluding hydrogens is 118 g/mol. The van der Waals surface area contributed by atoms with Crippen LogP contribution in [0, 0.1) is 5.92 Å². The van der Waals surface area contributed by atoms with Gasteiger partial charge < -0.3 is 10.8 Å². The lowest BCUT2D eigenvalue weighted by atomic mass is 9.98. The van der Waals surface area contributed by atoms with Gasteiger partial charge in [0, 0.05) is 0 Å². The summed E-state index contributed by atoms with van der Waals surface area (Å²) in [4.78, 5) is 10.4. The Labute approximate surface area is 53.9 Å². The SMILES string of the molecule is CC(N)(C(=O)O)C1CC1. The fraction of sp³-hybridized carbons (Fsp3) is 0.833. The van der Waals surface area contributed by atoms with Crippen LogP contribution in [0.5, 0.6) is 0 Å². The van der Waals surface area contributed by atoms with Crippen LogP contribution in [-0.2, 0) is 4.79 Å². The molecule has 0 aromatic rings. The van der Waals surface area contributed by atoms with E-state index in [0.717, 1.165) is 12.8 Å². The third kappa shape index (κ3) is 1.05. The molecule has 9 heavy (non-hydrogen) atoms. The lowest BCUT2D eigenvalue weighted by Crippen LogP contribution is -2.46. The minimum absolute atomic E-state index is 0.218. The second kappa shape index (κ2) is 1.70. The van der Waals surface area contributed by atoms with E-state index in [1.807, 2.05) is 0 Å². The lowest BCUT2D eigenvalue weighted by molar-refractivity contribution is -0.143. The highest BCUT2D eigenvalue weighted by Crippen LogP contribution is 2.37. The topological polar surface area (TPSA) is 63.3 Å². The van der Waals surface area contributed by atoms with Crippen molar-refractivity contribution in [2.45, 2.75) is 25.3 Å². The monoisotopic (exact) mass is 129 g/mol. The molecule has 0 aromatic carbocycles. The van der Waals surface area contributed by atoms with Crippen molar-refractivity contribution in [3.05, 3.63) is 0 Å². The van der Waals surface area contributed by atoms with Gasteiger partial charge in [-0.2, -0.15) is 0 Å². The molecule has 0 aliphatic heterocycles. The van der Waals surface area contributed by atoms with E-state index in [-0.39, 0.29) is 5.92 Å². The highest BCUT2D eigenvalue weighted by Gasteiger charge is 2.44. The van der Waals surface area contributed by atoms with Crippen molar-refractivity contribution in [3.8, 4) is 0 Å². The smallest absolute Gasteiger partial charge is 0.323 e. The third-order valence-electron chi connectivity index (χ3n) is 1.89. The first kappa shape index (κ1) is 6.55. The minimum atomic E-state index is -0.972. The van der Waals surface area contributed by atoms with Gasteiger partial charge in [-0.1, -0.05) is 0 Å². The van der Waals surface area contributed by atoms with Crippen LogP contribution in [0.3, 0.4) is 0 Å². The van der Waals surface area contributed by atoms with Crippen molar-refractivity contribution < 1.29 is 9.90 Å². The molecule has 0 amide bonds. The molecule has 1 unspecified atom stereocenters. The molecule has 1 aliphatic rings. The van der Waals surface area contributed by atoms with Crippen LogP contribution in [0.2, 0.25) is 0 Å². The molecule has 52 valence electrons. The van der Waals surface area contributed by atoms with E-state index in [0.29, 0.717) is 0 Å². The van der Waals surface area contributed by atoms with Crippen LogP contribution < -0.4 is 5.73 Å². The largest absolute Gasteiger partial charge is 0.480 e. The van der Waals surface area contributed by atoms with Crippen molar-refractivity contribution in [2.75, 3.05) is 0 Å². The van der Waals surface area contributed by atoms with E-state index in [4.69, 9.17) is 10.8 Å². The molecule has 3 N–H and O–H groups in total. The molecule has 1 fully saturated rings. The van der Waals surface area contributed by atoms with E-state index < -0.39 is 11.5 Å². The zero-order valence-electron chi connectivity index (χ0n) is 5.42. The number of nitrogens with two attached hydrogens (primary N) is 1. The van der Waals surface area contributed by atoms with Crippen LogP contribution in [-0.4, -0.2) is 16.6 Å². The molecule has 1 rings (SSSR count). The fourth-order valence-corrected chi connectivity index (χ4v) is 0.858. The van der Waals surface area contributed by atoms with Gasteiger partial charge in [-0.05, 0) is 25.7 Å². The van der Waals surface area contributed by atoms with Gasteiger partial charge in [0.25, 0.3) is 0 Å². The molecule has 0 heterocycles. The molecular formula is C6H11NO2. The highest BCUT2D eigenvalue weighted by molar-refractivity contribution is 5.78. The van der Waals surface area contributed by atoms with Crippen molar-refractivity contribution in [1.29, 1.82) is 0 Å². The average molecular weight is 129 g/mol. The number of aliphatic carboxylic acids is 1. The number of carbonyl (C=O) groups is 1. The number of carboxylic acids is 1. The van der Waals surface area contributed by atoms with Gasteiger partial charge in [-0.15, -0.1) is 0 Å². The van der Waals surface area contributed by atoms with Gasteiger partial charge in [-0.25, -0.2) is 0 Å². The summed E-state index contributed by atoms with van der Waals surface area (Å²) < 4.78 is 0. The van der Waals surface area contributed by atoms with E-state index >= 15 is 0 Å². The van der Waals surface area contributed by atoms with Gasteiger partial charge in [0.15, 0.2) is 0 Å². The van der Waals surface area contributed by atoms with Crippen LogP contribution in [0.25, 0.3) is 0 Å². The third-order valence-corrected chi connectivity index (χ3v) is 1.89. The summed E-state index contributed by atoms with van der Waals surface area (Å²) in [6, 6.07) is 0. The van der Waals surface area contributed by atoms with Crippen molar-refractivity contribution >= 4 is 5.97 Å². The molecule has 0 bridgehead atoms. The van der Waals surface area contributed by atoms with Gasteiger partial charge in [-0.3, -0.25) is 4.79 Å². The van der Waals surface area contributed by atoms with Gasteiger partial charge >= 0.3 is 5.97 Å². The Bertz CT molecular complexity index is 138. The number of carboxylic acid groups (broad SMARTS) is 1. The molecule has 1 atom stereocenters. The molecule has 0 spiro atoms. The summed E-state index contributed by atoms with van der Waals surface area (Å²) in [5, 5.41) is 8.53. The lowest BCUT2D eigenvalue weighted by Gasteiger charge is -2.17. The molecule has 3 heteroatoms. The minimum Gasteiger partial charge on any atom is -0.480 e. The summed E-state index contributed by atoms with van der Waals surface area (Å²) in [6.07, 6.45) is 1.94. The zero-order chi connectivity index (χ0) is 7.07. The van der Waals surface area contributed by atoms with Gasteiger partial charge in [0.1, 0.15) is 5.54 Å². The van der Waals surface area contributed by atoms with Crippen LogP contribution in [0.4, 0.5) is 0 Å². The van der Waals surface area contributed by atoms with Crippen LogP contribution in [0.15, 0.2) is 0 Å². The van der Waals surface area contributed by atoms with Gasteiger partial charge in [0.2, 0.25) is 0 Å². The molecule has 0 radical (unpaired) electrons. The Hall–Kier alpha value is -0.570. The number of hydrogen-bond acceptors (Lipinski definition) is 2. The summed E-state index contributed by atoms with van der Waals surface area (Å²) >= 11 is 0. The predicted molar refractivity (Wildman–Crippen MR) is 33.0 cm³/mol. The first-order valence-electron chi connectivity index (χ1n) is 3.07. The van der Waals surface area contributed by atoms with Crippen molar-refractivity contribution in [1.82, 2.24) is 0 Å². The Morgan fingerprint density at radius 1 is 1.78 bits per heavy atom. The Balaban J connectivity index is 2.59. The number of hydrogen-bond donors (Lipinski definition) is 2. The average Bonchev–Trinajstić information content (AvgIpc) is 2.42. The maximum Gasteiger partial charge on any atom is 0.323 e. The first-order valence-corrected chi connectivity index (χ1v) is 3.07. The van der Waals surface area contributed by atoms with E-state index in [1.54, 1.807) is 6.92 Å². The van der Waals surface area contributed by atoms with Gasteiger partial charge in [0.05, 0.1) is 0 Å². The highest BCUT2D eigenvalue weighted by atomic mass is 16.4. The molecule has 3 nitrogen and oxygen atoms in total. The standard InChI is InChI=1S/C6H11NO2/c1-6(7,5(8)9)4-2-3-4/h4H,2-3,7H2,1H3,(H,8,9). The Morgan fingerprint density at radius 3 is 2.33 bits per heavy atom. The first-order chi connectivity index (χ1) is 4.05. The molecule has 0 saturated heterocycles. The van der Waals surface area contributed by atoms with E-state index in [2.05, 4.69) is 0 Å². The quantitative estimate of drug-likeness (QED) is 0.559. The normalized spacial score (nSPS) is 25.1. The van der Waals surface area contributed by atoms with E-state index in [9.17, 15) is 4.79 Å². The van der Waals surface area contributed by atoms with Crippen LogP contribution in [0.1, 0.15) is 19.8 Å². The molecule has 0 aromatic heterocycles. The maximum atomic E-state index is 10.4. The second-order valence-electron chi connectivity index (χ2n) is 2.86. The Kier molecular flexibility index (Phi) is 1.24. The summed E-state index contributed by atoms with van der Waals surface area (Å²) in [5.74, 6) is -0.667. The van der Waals surface area contributed by atoms with E-state index in [1.165, 1.54) is 0 Å². The number of rotatable bonds is 2. The molecule has 1 saturated carbocycles. The summed E-state index contributed by atoms with van der Waals surface area (Å²) in [5.41, 5.74) is 4.49. The fourth-order valence-electron chi connectivity index (χ4n) is 0.858. The zero-order valence-corrected chi connectivity index (χ0v) is 5.42. The van der Waals surface area contributed by atoms with Crippen LogP contribution >= 0.6 is 0 Å². The summed E-state index contributed by atoms with van der Waals surface area (Å²) in [7, 11) is 0. The molecule has 1 aliphatic carbocycles. The van der Waals surface area contributed by atoms with Crippen molar-refractivity contribution in [2.24, 2.45) is 11.7 Å². The van der Waals surface area contributed by atoms with Crippen molar-refractivity contribution in [3.63, 3.8) is 0 Å². The Morgan fingerprint density at radius 2 is 2.22 bits per heavy atom. The summed E-state index contributed by atoms with van der Waals surface area (Å²) in [6.45, 7) is 1.58. The maximum absolute atomic E-state index is 10.4. The second-order valence-corrected chi connectivity index (χ2v) is 2.86. The predicted octanol–water partition coefficient (Wildman–Crippen LogP) is 0.198.